The van der Waals surface area contributed by atoms with E-state index in [2.05, 4.69) is 13.2 Å². The van der Waals surface area contributed by atoms with Gasteiger partial charge < -0.3 is 33.9 Å². The van der Waals surface area contributed by atoms with Crippen LogP contribution in [-0.2, 0) is 24.5 Å². The summed E-state index contributed by atoms with van der Waals surface area (Å²) in [5.41, 5.74) is 3.47. The van der Waals surface area contributed by atoms with Crippen molar-refractivity contribution in [2.75, 3.05) is 26.4 Å². The SMILES string of the molecule is C=C(C)C(=O)OCC(O)COc1ccc(C2(c3ccc(OCC(O)COC(=O)C(=C)C)cc3)c3ccccc3Oc3ccccc32)cc1. The molecule has 0 spiro atoms. The number of hydrogen-bond acceptors (Lipinski definition) is 9. The van der Waals surface area contributed by atoms with Gasteiger partial charge in [-0.25, -0.2) is 9.59 Å². The number of aliphatic hydroxyl groups is 2. The number of aliphatic hydroxyl groups excluding tert-OH is 2. The zero-order valence-electron chi connectivity index (χ0n) is 26.9. The summed E-state index contributed by atoms with van der Waals surface area (Å²) in [6.45, 7) is 9.60. The summed E-state index contributed by atoms with van der Waals surface area (Å²) >= 11 is 0. The summed E-state index contributed by atoms with van der Waals surface area (Å²) in [6, 6.07) is 31.1. The molecule has 2 N–H and O–H groups in total. The number of rotatable bonds is 14. The van der Waals surface area contributed by atoms with Gasteiger partial charge in [-0.3, -0.25) is 0 Å². The lowest BCUT2D eigenvalue weighted by atomic mass is 9.63. The van der Waals surface area contributed by atoms with Crippen LogP contribution < -0.4 is 14.2 Å². The van der Waals surface area contributed by atoms with Crippen molar-refractivity contribution < 1.29 is 43.5 Å². The van der Waals surface area contributed by atoms with E-state index >= 15 is 0 Å². The number of para-hydroxylation sites is 2. The fourth-order valence-electron chi connectivity index (χ4n) is 5.46. The van der Waals surface area contributed by atoms with Crippen LogP contribution in [-0.4, -0.2) is 60.8 Å². The van der Waals surface area contributed by atoms with Gasteiger partial charge in [0.1, 0.15) is 61.6 Å². The molecule has 2 unspecified atom stereocenters. The minimum atomic E-state index is -1.01. The Kier molecular flexibility index (Phi) is 10.6. The molecule has 0 bridgehead atoms. The van der Waals surface area contributed by atoms with E-state index in [1.165, 1.54) is 13.8 Å². The molecule has 0 saturated heterocycles. The molecule has 0 fully saturated rings. The first-order chi connectivity index (χ1) is 23.1. The number of benzene rings is 4. The first-order valence-corrected chi connectivity index (χ1v) is 15.4. The van der Waals surface area contributed by atoms with Crippen LogP contribution in [0.3, 0.4) is 0 Å². The first-order valence-electron chi connectivity index (χ1n) is 15.4. The zero-order chi connectivity index (χ0) is 34.3. The van der Waals surface area contributed by atoms with Gasteiger partial charge in [-0.15, -0.1) is 0 Å². The molecule has 2 atom stereocenters. The normalized spacial score (nSPS) is 13.8. The van der Waals surface area contributed by atoms with Crippen molar-refractivity contribution in [3.8, 4) is 23.0 Å². The average molecular weight is 651 g/mol. The third-order valence-corrected chi connectivity index (χ3v) is 7.77. The second-order valence-corrected chi connectivity index (χ2v) is 11.6. The molecule has 4 aromatic rings. The Morgan fingerprint density at radius 2 is 1.00 bits per heavy atom. The fourth-order valence-corrected chi connectivity index (χ4v) is 5.46. The van der Waals surface area contributed by atoms with E-state index < -0.39 is 29.6 Å². The maximum atomic E-state index is 11.7. The van der Waals surface area contributed by atoms with Gasteiger partial charge in [0.2, 0.25) is 0 Å². The van der Waals surface area contributed by atoms with Crippen LogP contribution in [0, 0.1) is 0 Å². The highest BCUT2D eigenvalue weighted by Crippen LogP contribution is 2.55. The smallest absolute Gasteiger partial charge is 0.333 e. The van der Waals surface area contributed by atoms with Crippen LogP contribution >= 0.6 is 0 Å². The van der Waals surface area contributed by atoms with Gasteiger partial charge in [-0.1, -0.05) is 73.8 Å². The minimum absolute atomic E-state index is 0.0695. The highest BCUT2D eigenvalue weighted by atomic mass is 16.6. The molecular formula is C39H38O9. The van der Waals surface area contributed by atoms with Gasteiger partial charge in [-0.05, 0) is 61.4 Å². The molecule has 1 aliphatic heterocycles. The number of fused-ring (bicyclic) bond motifs is 2. The molecule has 4 aromatic carbocycles. The predicted octanol–water partition coefficient (Wildman–Crippen LogP) is 5.89. The number of carbonyl (C=O) groups is 2. The molecule has 48 heavy (non-hydrogen) atoms. The fraction of sp³-hybridized carbons (Fsp3) is 0.231. The van der Waals surface area contributed by atoms with Gasteiger partial charge in [0.05, 0.1) is 5.41 Å². The van der Waals surface area contributed by atoms with Crippen LogP contribution in [0.2, 0.25) is 0 Å². The largest absolute Gasteiger partial charge is 0.491 e. The summed E-state index contributed by atoms with van der Waals surface area (Å²) in [7, 11) is 0. The van der Waals surface area contributed by atoms with Gasteiger partial charge in [0, 0.05) is 22.3 Å². The molecular weight excluding hydrogens is 612 g/mol. The molecule has 5 rings (SSSR count). The molecule has 0 aromatic heterocycles. The highest BCUT2D eigenvalue weighted by Gasteiger charge is 2.45. The lowest BCUT2D eigenvalue weighted by molar-refractivity contribution is -0.143. The quantitative estimate of drug-likeness (QED) is 0.112. The van der Waals surface area contributed by atoms with E-state index in [0.717, 1.165) is 33.8 Å². The highest BCUT2D eigenvalue weighted by molar-refractivity contribution is 5.87. The topological polar surface area (TPSA) is 121 Å². The second-order valence-electron chi connectivity index (χ2n) is 11.6. The Bertz CT molecular complexity index is 1650. The summed E-state index contributed by atoms with van der Waals surface area (Å²) in [5.74, 6) is 1.36. The molecule has 0 amide bonds. The molecule has 1 heterocycles. The zero-order valence-corrected chi connectivity index (χ0v) is 26.9. The van der Waals surface area contributed by atoms with E-state index in [-0.39, 0.29) is 37.6 Å². The maximum Gasteiger partial charge on any atom is 0.333 e. The van der Waals surface area contributed by atoms with Crippen molar-refractivity contribution >= 4 is 11.9 Å². The molecule has 248 valence electrons. The maximum absolute atomic E-state index is 11.7. The van der Waals surface area contributed by atoms with Gasteiger partial charge in [0.25, 0.3) is 0 Å². The number of hydrogen-bond donors (Lipinski definition) is 2. The van der Waals surface area contributed by atoms with Crippen LogP contribution in [0.15, 0.2) is 121 Å². The van der Waals surface area contributed by atoms with E-state index in [1.807, 2.05) is 97.1 Å². The van der Waals surface area contributed by atoms with Crippen LogP contribution in [0.1, 0.15) is 36.1 Å². The van der Waals surface area contributed by atoms with E-state index in [0.29, 0.717) is 11.5 Å². The third-order valence-electron chi connectivity index (χ3n) is 7.77. The van der Waals surface area contributed by atoms with Crippen LogP contribution in [0.25, 0.3) is 0 Å². The monoisotopic (exact) mass is 650 g/mol. The van der Waals surface area contributed by atoms with E-state index in [4.69, 9.17) is 23.7 Å². The molecule has 0 saturated carbocycles. The Morgan fingerprint density at radius 1 is 0.625 bits per heavy atom. The number of esters is 2. The van der Waals surface area contributed by atoms with Crippen LogP contribution in [0.5, 0.6) is 23.0 Å². The minimum Gasteiger partial charge on any atom is -0.491 e. The third kappa shape index (κ3) is 7.43. The van der Waals surface area contributed by atoms with Gasteiger partial charge in [0.15, 0.2) is 0 Å². The van der Waals surface area contributed by atoms with Crippen LogP contribution in [0.4, 0.5) is 0 Å². The summed E-state index contributed by atoms with van der Waals surface area (Å²) in [4.78, 5) is 23.3. The summed E-state index contributed by atoms with van der Waals surface area (Å²) in [6.07, 6.45) is -2.02. The average Bonchev–Trinajstić information content (AvgIpc) is 3.10. The molecule has 9 heteroatoms. The number of carbonyl (C=O) groups excluding carboxylic acids is 2. The summed E-state index contributed by atoms with van der Waals surface area (Å²) < 4.78 is 28.1. The first kappa shape index (κ1) is 34.0. The van der Waals surface area contributed by atoms with Gasteiger partial charge in [-0.2, -0.15) is 0 Å². The van der Waals surface area contributed by atoms with Crippen molar-refractivity contribution in [3.05, 3.63) is 144 Å². The lowest BCUT2D eigenvalue weighted by Crippen LogP contribution is -2.34. The Balaban J connectivity index is 1.43. The van der Waals surface area contributed by atoms with Crippen molar-refractivity contribution in [3.63, 3.8) is 0 Å². The van der Waals surface area contributed by atoms with Crippen molar-refractivity contribution in [1.29, 1.82) is 0 Å². The molecule has 0 aliphatic carbocycles. The lowest BCUT2D eigenvalue weighted by Gasteiger charge is -2.41. The molecule has 0 radical (unpaired) electrons. The number of ether oxygens (including phenoxy) is 5. The molecule has 9 nitrogen and oxygen atoms in total. The van der Waals surface area contributed by atoms with Crippen molar-refractivity contribution in [2.45, 2.75) is 31.5 Å². The van der Waals surface area contributed by atoms with E-state index in [9.17, 15) is 19.8 Å². The summed E-state index contributed by atoms with van der Waals surface area (Å²) in [5, 5.41) is 20.5. The Hall–Kier alpha value is -5.38. The van der Waals surface area contributed by atoms with Crippen molar-refractivity contribution in [2.24, 2.45) is 0 Å². The molecule has 1 aliphatic rings. The Labute approximate surface area is 279 Å². The van der Waals surface area contributed by atoms with E-state index in [1.54, 1.807) is 0 Å². The Morgan fingerprint density at radius 3 is 1.38 bits per heavy atom. The van der Waals surface area contributed by atoms with Gasteiger partial charge >= 0.3 is 11.9 Å². The standard InChI is InChI=1S/C39H38O9/c1-25(2)37(42)46-23-29(40)21-44-31-17-13-27(14-18-31)39(33-9-5-7-11-35(33)48-36-12-8-6-10-34(36)39)28-15-19-32(20-16-28)45-22-30(41)24-47-38(43)26(3)4/h5-20,29-30,40-41H,1,3,21-24H2,2,4H3. The van der Waals surface area contributed by atoms with Crippen molar-refractivity contribution in [1.82, 2.24) is 0 Å². The predicted molar refractivity (Wildman–Crippen MR) is 179 cm³/mol. The second kappa shape index (κ2) is 15.0.